The fourth-order valence-corrected chi connectivity index (χ4v) is 4.87. The van der Waals surface area contributed by atoms with Crippen molar-refractivity contribution in [2.75, 3.05) is 0 Å². The van der Waals surface area contributed by atoms with Crippen LogP contribution in [0.4, 0.5) is 4.79 Å². The van der Waals surface area contributed by atoms with Gasteiger partial charge in [-0.3, -0.25) is 4.79 Å². The Bertz CT molecular complexity index is 930. The molecule has 1 N–H and O–H groups in total. The molecule has 0 spiro atoms. The molecule has 0 fully saturated rings. The maximum absolute atomic E-state index is 12.2. The maximum atomic E-state index is 12.2. The standard InChI is InChI=1S/C15H12N2O3S3/c1-10-6-8-11(9-7-10)23(19,20)17-14(18)22-15-16-12-4-2-3-5-13(12)21-15/h2-9H,1H3,(H,17,18). The number of hydrogen-bond donors (Lipinski definition) is 1. The third-order valence-electron chi connectivity index (χ3n) is 3.00. The predicted molar refractivity (Wildman–Crippen MR) is 92.4 cm³/mol. The number of thioether (sulfide) groups is 1. The molecule has 0 aliphatic carbocycles. The Hall–Kier alpha value is -1.90. The van der Waals surface area contributed by atoms with Gasteiger partial charge in [-0.2, -0.15) is 0 Å². The largest absolute Gasteiger partial charge is 0.299 e. The molecular formula is C15H12N2O3S3. The molecule has 8 heteroatoms. The molecular weight excluding hydrogens is 352 g/mol. The topological polar surface area (TPSA) is 76.1 Å². The van der Waals surface area contributed by atoms with Crippen LogP contribution in [-0.2, 0) is 10.0 Å². The molecule has 0 aliphatic rings. The van der Waals surface area contributed by atoms with E-state index in [9.17, 15) is 13.2 Å². The van der Waals surface area contributed by atoms with Crippen LogP contribution in [0.5, 0.6) is 0 Å². The summed E-state index contributed by atoms with van der Waals surface area (Å²) in [5, 5.41) is -0.676. The summed E-state index contributed by atoms with van der Waals surface area (Å²) in [6.45, 7) is 1.86. The number of fused-ring (bicyclic) bond motifs is 1. The van der Waals surface area contributed by atoms with Crippen LogP contribution < -0.4 is 4.72 Å². The van der Waals surface area contributed by atoms with Crippen molar-refractivity contribution in [3.05, 3.63) is 54.1 Å². The minimum atomic E-state index is -3.87. The number of carbonyl (C=O) groups is 1. The molecule has 1 heterocycles. The zero-order valence-electron chi connectivity index (χ0n) is 12.0. The molecule has 118 valence electrons. The molecule has 0 aliphatic heterocycles. The smallest absolute Gasteiger partial charge is 0.260 e. The van der Waals surface area contributed by atoms with E-state index in [1.165, 1.54) is 23.5 Å². The second-order valence-corrected chi connectivity index (χ2v) is 8.69. The highest BCUT2D eigenvalue weighted by Gasteiger charge is 2.19. The van der Waals surface area contributed by atoms with Gasteiger partial charge in [0.1, 0.15) is 0 Å². The van der Waals surface area contributed by atoms with Crippen molar-refractivity contribution >= 4 is 48.6 Å². The van der Waals surface area contributed by atoms with Crippen molar-refractivity contribution in [1.29, 1.82) is 0 Å². The summed E-state index contributed by atoms with van der Waals surface area (Å²) in [6, 6.07) is 13.8. The van der Waals surface area contributed by atoms with Crippen LogP contribution in [0.1, 0.15) is 5.56 Å². The SMILES string of the molecule is Cc1ccc(S(=O)(=O)NC(=O)Sc2nc3ccccc3s2)cc1. The first-order valence-corrected chi connectivity index (χ1v) is 9.72. The number of nitrogens with one attached hydrogen (secondary N) is 1. The maximum Gasteiger partial charge on any atom is 0.299 e. The van der Waals surface area contributed by atoms with Gasteiger partial charge in [0.2, 0.25) is 0 Å². The molecule has 0 saturated carbocycles. The molecule has 23 heavy (non-hydrogen) atoms. The Labute approximate surface area is 141 Å². The van der Waals surface area contributed by atoms with Crippen LogP contribution >= 0.6 is 23.1 Å². The van der Waals surface area contributed by atoms with Crippen molar-refractivity contribution in [1.82, 2.24) is 9.71 Å². The zero-order valence-corrected chi connectivity index (χ0v) is 14.5. The normalized spacial score (nSPS) is 11.5. The monoisotopic (exact) mass is 364 g/mol. The summed E-state index contributed by atoms with van der Waals surface area (Å²) in [7, 11) is -3.87. The molecule has 1 aromatic heterocycles. The number of nitrogens with zero attached hydrogens (tertiary/aromatic N) is 1. The van der Waals surface area contributed by atoms with Crippen molar-refractivity contribution in [3.63, 3.8) is 0 Å². The highest BCUT2D eigenvalue weighted by Crippen LogP contribution is 2.29. The number of benzene rings is 2. The van der Waals surface area contributed by atoms with E-state index in [0.717, 1.165) is 27.5 Å². The molecule has 0 bridgehead atoms. The van der Waals surface area contributed by atoms with Crippen LogP contribution in [0.15, 0.2) is 57.8 Å². The van der Waals surface area contributed by atoms with Crippen LogP contribution in [0, 0.1) is 6.92 Å². The Morgan fingerprint density at radius 1 is 1.13 bits per heavy atom. The van der Waals surface area contributed by atoms with Gasteiger partial charge in [0, 0.05) is 11.8 Å². The molecule has 3 rings (SSSR count). The van der Waals surface area contributed by atoms with Crippen molar-refractivity contribution < 1.29 is 13.2 Å². The van der Waals surface area contributed by atoms with E-state index in [-0.39, 0.29) is 4.90 Å². The fraction of sp³-hybridized carbons (Fsp3) is 0.0667. The number of aromatic nitrogens is 1. The number of para-hydroxylation sites is 1. The average Bonchev–Trinajstić information content (AvgIpc) is 2.88. The van der Waals surface area contributed by atoms with E-state index in [4.69, 9.17) is 0 Å². The number of rotatable bonds is 3. The van der Waals surface area contributed by atoms with E-state index in [1.54, 1.807) is 12.1 Å². The third-order valence-corrected chi connectivity index (χ3v) is 6.36. The second kappa shape index (κ2) is 6.31. The van der Waals surface area contributed by atoms with Crippen molar-refractivity contribution in [2.45, 2.75) is 16.2 Å². The van der Waals surface area contributed by atoms with Crippen LogP contribution in [-0.4, -0.2) is 18.6 Å². The number of aryl methyl sites for hydroxylation is 1. The van der Waals surface area contributed by atoms with E-state index >= 15 is 0 Å². The molecule has 2 aromatic carbocycles. The first kappa shape index (κ1) is 16.0. The van der Waals surface area contributed by atoms with Crippen LogP contribution in [0.25, 0.3) is 10.2 Å². The van der Waals surface area contributed by atoms with Gasteiger partial charge >= 0.3 is 0 Å². The van der Waals surface area contributed by atoms with E-state index in [0.29, 0.717) is 4.34 Å². The molecule has 0 atom stereocenters. The summed E-state index contributed by atoms with van der Waals surface area (Å²) in [5.74, 6) is 0. The van der Waals surface area contributed by atoms with Gasteiger partial charge in [0.05, 0.1) is 15.1 Å². The minimum absolute atomic E-state index is 0.0568. The van der Waals surface area contributed by atoms with Gasteiger partial charge < -0.3 is 0 Å². The van der Waals surface area contributed by atoms with Crippen molar-refractivity contribution in [2.24, 2.45) is 0 Å². The lowest BCUT2D eigenvalue weighted by atomic mass is 10.2. The lowest BCUT2D eigenvalue weighted by molar-refractivity contribution is 0.264. The van der Waals surface area contributed by atoms with Gasteiger partial charge in [-0.15, -0.1) is 11.3 Å². The Morgan fingerprint density at radius 2 is 1.83 bits per heavy atom. The second-order valence-electron chi connectivity index (χ2n) is 4.76. The summed E-state index contributed by atoms with van der Waals surface area (Å²) in [6.07, 6.45) is 0. The zero-order chi connectivity index (χ0) is 16.4. The number of sulfonamides is 1. The first-order valence-electron chi connectivity index (χ1n) is 6.61. The first-order chi connectivity index (χ1) is 10.9. The number of carbonyl (C=O) groups excluding carboxylic acids is 1. The number of thiazole rings is 1. The van der Waals surface area contributed by atoms with Crippen LogP contribution in [0.3, 0.4) is 0 Å². The van der Waals surface area contributed by atoms with Gasteiger partial charge in [-0.25, -0.2) is 18.1 Å². The molecule has 0 radical (unpaired) electrons. The van der Waals surface area contributed by atoms with Crippen molar-refractivity contribution in [3.8, 4) is 0 Å². The molecule has 3 aromatic rings. The summed E-state index contributed by atoms with van der Waals surface area (Å²) >= 11 is 2.12. The minimum Gasteiger partial charge on any atom is -0.260 e. The van der Waals surface area contributed by atoms with Gasteiger partial charge in [0.15, 0.2) is 4.34 Å². The van der Waals surface area contributed by atoms with E-state index in [2.05, 4.69) is 4.98 Å². The Morgan fingerprint density at radius 3 is 2.52 bits per heavy atom. The van der Waals surface area contributed by atoms with Crippen LogP contribution in [0.2, 0.25) is 0 Å². The Kier molecular flexibility index (Phi) is 4.38. The summed E-state index contributed by atoms with van der Waals surface area (Å²) < 4.78 is 27.8. The number of amides is 1. The summed E-state index contributed by atoms with van der Waals surface area (Å²) in [4.78, 5) is 16.3. The predicted octanol–water partition coefficient (Wildman–Crippen LogP) is 3.80. The molecule has 0 unspecified atom stereocenters. The number of hydrogen-bond acceptors (Lipinski definition) is 6. The van der Waals surface area contributed by atoms with Gasteiger partial charge in [-0.1, -0.05) is 29.8 Å². The third kappa shape index (κ3) is 3.72. The van der Waals surface area contributed by atoms with E-state index < -0.39 is 15.3 Å². The average molecular weight is 364 g/mol. The molecule has 1 amide bonds. The Balaban J connectivity index is 1.74. The molecule has 0 saturated heterocycles. The summed E-state index contributed by atoms with van der Waals surface area (Å²) in [5.41, 5.74) is 1.73. The quantitative estimate of drug-likeness (QED) is 0.716. The fourth-order valence-electron chi connectivity index (χ4n) is 1.88. The van der Waals surface area contributed by atoms with Gasteiger partial charge in [-0.05, 0) is 31.2 Å². The van der Waals surface area contributed by atoms with Gasteiger partial charge in [0.25, 0.3) is 15.3 Å². The highest BCUT2D eigenvalue weighted by molar-refractivity contribution is 8.15. The molecule has 5 nitrogen and oxygen atoms in total. The lowest BCUT2D eigenvalue weighted by Gasteiger charge is -2.05. The lowest BCUT2D eigenvalue weighted by Crippen LogP contribution is -2.27. The highest BCUT2D eigenvalue weighted by atomic mass is 32.2. The van der Waals surface area contributed by atoms with E-state index in [1.807, 2.05) is 35.9 Å².